The smallest absolute Gasteiger partial charge is 0.241 e. The van der Waals surface area contributed by atoms with Crippen LogP contribution in [0.2, 0.25) is 5.02 Å². The van der Waals surface area contributed by atoms with Crippen LogP contribution in [0, 0.1) is 0 Å². The van der Waals surface area contributed by atoms with Gasteiger partial charge in [-0.25, -0.2) is 0 Å². The zero-order valence-electron chi connectivity index (χ0n) is 13.8. The van der Waals surface area contributed by atoms with Gasteiger partial charge in [0.25, 0.3) is 0 Å². The van der Waals surface area contributed by atoms with Gasteiger partial charge in [0.05, 0.1) is 29.5 Å². The van der Waals surface area contributed by atoms with Crippen LogP contribution in [0.5, 0.6) is 5.75 Å². The molecule has 0 aliphatic heterocycles. The Balaban J connectivity index is 2.00. The van der Waals surface area contributed by atoms with Crippen LogP contribution in [0.3, 0.4) is 0 Å². The molecule has 1 amide bonds. The molecule has 2 aromatic rings. The molecular weight excluding hydrogens is 396 g/mol. The lowest BCUT2D eigenvalue weighted by Crippen LogP contribution is -2.31. The van der Waals surface area contributed by atoms with Crippen molar-refractivity contribution in [1.29, 1.82) is 0 Å². The van der Waals surface area contributed by atoms with E-state index >= 15 is 0 Å². The molecule has 1 aromatic carbocycles. The minimum Gasteiger partial charge on any atom is -0.491 e. The highest BCUT2D eigenvalue weighted by atomic mass is 79.9. The Morgan fingerprint density at radius 3 is 2.88 bits per heavy atom. The van der Waals surface area contributed by atoms with Crippen LogP contribution in [-0.2, 0) is 18.4 Å². The topological polar surface area (TPSA) is 59.4 Å². The van der Waals surface area contributed by atoms with E-state index in [2.05, 4.69) is 26.3 Å². The largest absolute Gasteiger partial charge is 0.491 e. The number of carbonyl (C=O) groups is 1. The van der Waals surface area contributed by atoms with Gasteiger partial charge >= 0.3 is 0 Å². The summed E-state index contributed by atoms with van der Waals surface area (Å²) in [6, 6.07) is 3.50. The Hall–Kier alpha value is -1.73. The first-order chi connectivity index (χ1) is 11.4. The van der Waals surface area contributed by atoms with Crippen LogP contribution < -0.4 is 10.1 Å². The molecule has 0 spiro atoms. The molecule has 0 atom stereocenters. The van der Waals surface area contributed by atoms with Crippen LogP contribution in [-0.4, -0.2) is 40.8 Å². The lowest BCUT2D eigenvalue weighted by Gasteiger charge is -2.18. The summed E-state index contributed by atoms with van der Waals surface area (Å²) in [6.07, 6.45) is 3.64. The number of carbonyl (C=O) groups excluding carboxylic acids is 1. The number of nitrogens with zero attached hydrogens (tertiary/aromatic N) is 3. The Morgan fingerprint density at radius 1 is 1.50 bits per heavy atom. The summed E-state index contributed by atoms with van der Waals surface area (Å²) in [5.74, 6) is 0.599. The Morgan fingerprint density at radius 2 is 2.25 bits per heavy atom. The molecule has 6 nitrogen and oxygen atoms in total. The van der Waals surface area contributed by atoms with E-state index in [0.29, 0.717) is 29.6 Å². The number of amides is 1. The number of ether oxygens (including phenoxy) is 1. The van der Waals surface area contributed by atoms with Gasteiger partial charge in [-0.2, -0.15) is 5.10 Å². The monoisotopic (exact) mass is 414 g/mol. The molecule has 0 aliphatic carbocycles. The maximum absolute atomic E-state index is 12.3. The number of halogens is 2. The fraction of sp³-hybridized carbons (Fsp3) is 0.375. The van der Waals surface area contributed by atoms with E-state index in [9.17, 15) is 4.79 Å². The minimum atomic E-state index is -0.0441. The van der Waals surface area contributed by atoms with Gasteiger partial charge in [-0.3, -0.25) is 9.48 Å². The molecule has 24 heavy (non-hydrogen) atoms. The lowest BCUT2D eigenvalue weighted by atomic mass is 10.3. The molecule has 0 aliphatic rings. The number of aromatic nitrogens is 2. The highest BCUT2D eigenvalue weighted by Gasteiger charge is 2.14. The summed E-state index contributed by atoms with van der Waals surface area (Å²) in [5, 5.41) is 7.76. The normalized spacial score (nSPS) is 10.5. The van der Waals surface area contributed by atoms with Crippen LogP contribution in [0.1, 0.15) is 12.5 Å². The Kier molecular flexibility index (Phi) is 6.51. The summed E-state index contributed by atoms with van der Waals surface area (Å²) in [5.41, 5.74) is 1.66. The van der Waals surface area contributed by atoms with Crippen molar-refractivity contribution in [1.82, 2.24) is 14.7 Å². The van der Waals surface area contributed by atoms with E-state index < -0.39 is 0 Å². The van der Waals surface area contributed by atoms with Crippen molar-refractivity contribution < 1.29 is 9.53 Å². The van der Waals surface area contributed by atoms with Crippen molar-refractivity contribution in [3.63, 3.8) is 0 Å². The standard InChI is InChI=1S/C16H20BrClN4O2/c1-4-24-16-13(17)5-12(18)6-14(16)19-8-15(23)21(2)9-11-7-20-22(3)10-11/h5-7,10,19H,4,8-9H2,1-3H3. The van der Waals surface area contributed by atoms with E-state index in [4.69, 9.17) is 16.3 Å². The third-order valence-corrected chi connectivity index (χ3v) is 4.14. The molecule has 2 rings (SSSR count). The summed E-state index contributed by atoms with van der Waals surface area (Å²) < 4.78 is 8.07. The molecule has 0 saturated heterocycles. The van der Waals surface area contributed by atoms with E-state index in [-0.39, 0.29) is 12.5 Å². The number of anilines is 1. The van der Waals surface area contributed by atoms with Crippen molar-refractivity contribution >= 4 is 39.1 Å². The van der Waals surface area contributed by atoms with Gasteiger partial charge in [0.15, 0.2) is 5.75 Å². The summed E-state index contributed by atoms with van der Waals surface area (Å²) in [4.78, 5) is 14.0. The fourth-order valence-electron chi connectivity index (χ4n) is 2.20. The molecule has 1 aromatic heterocycles. The highest BCUT2D eigenvalue weighted by Crippen LogP contribution is 2.36. The first-order valence-corrected chi connectivity index (χ1v) is 8.65. The molecule has 0 bridgehead atoms. The molecule has 0 unspecified atom stereocenters. The number of benzene rings is 1. The third-order valence-electron chi connectivity index (χ3n) is 3.33. The average molecular weight is 416 g/mol. The van der Waals surface area contributed by atoms with Gasteiger partial charge < -0.3 is 15.0 Å². The second-order valence-electron chi connectivity index (χ2n) is 5.32. The van der Waals surface area contributed by atoms with Gasteiger partial charge in [0.1, 0.15) is 0 Å². The van der Waals surface area contributed by atoms with Crippen LogP contribution >= 0.6 is 27.5 Å². The summed E-state index contributed by atoms with van der Waals surface area (Å²) in [7, 11) is 3.60. The SMILES string of the molecule is CCOc1c(Br)cc(Cl)cc1NCC(=O)N(C)Cc1cnn(C)c1. The van der Waals surface area contributed by atoms with Crippen molar-refractivity contribution in [2.75, 3.05) is 25.5 Å². The number of nitrogens with one attached hydrogen (secondary N) is 1. The summed E-state index contributed by atoms with van der Waals surface area (Å²) in [6.45, 7) is 3.07. The summed E-state index contributed by atoms with van der Waals surface area (Å²) >= 11 is 9.51. The zero-order chi connectivity index (χ0) is 17.7. The zero-order valence-corrected chi connectivity index (χ0v) is 16.2. The molecule has 8 heteroatoms. The quantitative estimate of drug-likeness (QED) is 0.754. The third kappa shape index (κ3) is 4.88. The van der Waals surface area contributed by atoms with E-state index in [0.717, 1.165) is 10.0 Å². The molecule has 0 fully saturated rings. The van der Waals surface area contributed by atoms with Crippen LogP contribution in [0.15, 0.2) is 29.0 Å². The van der Waals surface area contributed by atoms with Gasteiger partial charge in [-0.05, 0) is 35.0 Å². The molecule has 0 saturated carbocycles. The second kappa shape index (κ2) is 8.39. The van der Waals surface area contributed by atoms with Crippen molar-refractivity contribution in [3.8, 4) is 5.75 Å². The van der Waals surface area contributed by atoms with Gasteiger partial charge in [-0.15, -0.1) is 0 Å². The molecular formula is C16H20BrClN4O2. The van der Waals surface area contributed by atoms with Crippen molar-refractivity contribution in [2.45, 2.75) is 13.5 Å². The second-order valence-corrected chi connectivity index (χ2v) is 6.61. The van der Waals surface area contributed by atoms with Crippen LogP contribution in [0.25, 0.3) is 0 Å². The molecule has 1 N–H and O–H groups in total. The average Bonchev–Trinajstić information content (AvgIpc) is 2.92. The number of rotatable bonds is 7. The number of likely N-dealkylation sites (N-methyl/N-ethyl adjacent to an activating group) is 1. The maximum Gasteiger partial charge on any atom is 0.241 e. The van der Waals surface area contributed by atoms with Crippen molar-refractivity contribution in [3.05, 3.63) is 39.6 Å². The minimum absolute atomic E-state index is 0.0441. The first kappa shape index (κ1) is 18.6. The fourth-order valence-corrected chi connectivity index (χ4v) is 3.13. The maximum atomic E-state index is 12.3. The van der Waals surface area contributed by atoms with Crippen molar-refractivity contribution in [2.24, 2.45) is 7.05 Å². The number of hydrogen-bond donors (Lipinski definition) is 1. The highest BCUT2D eigenvalue weighted by molar-refractivity contribution is 9.10. The molecule has 0 radical (unpaired) electrons. The number of aryl methyl sites for hydroxylation is 1. The number of hydrogen-bond acceptors (Lipinski definition) is 4. The van der Waals surface area contributed by atoms with Gasteiger partial charge in [-0.1, -0.05) is 11.6 Å². The van der Waals surface area contributed by atoms with Gasteiger partial charge in [0, 0.05) is 37.4 Å². The first-order valence-electron chi connectivity index (χ1n) is 7.48. The van der Waals surface area contributed by atoms with Crippen LogP contribution in [0.4, 0.5) is 5.69 Å². The molecule has 1 heterocycles. The predicted octanol–water partition coefficient (Wildman–Crippen LogP) is 3.31. The Bertz CT molecular complexity index is 720. The van der Waals surface area contributed by atoms with E-state index in [1.54, 1.807) is 35.0 Å². The van der Waals surface area contributed by atoms with E-state index in [1.807, 2.05) is 20.2 Å². The van der Waals surface area contributed by atoms with Gasteiger partial charge in [0.2, 0.25) is 5.91 Å². The Labute approximate surface area is 154 Å². The molecule has 130 valence electrons. The lowest BCUT2D eigenvalue weighted by molar-refractivity contribution is -0.128. The van der Waals surface area contributed by atoms with E-state index in [1.165, 1.54) is 0 Å². The predicted molar refractivity (Wildman–Crippen MR) is 98.5 cm³/mol.